The first-order valence-corrected chi connectivity index (χ1v) is 8.11. The summed E-state index contributed by atoms with van der Waals surface area (Å²) < 4.78 is 16.5. The SMILES string of the molecule is O=c1cc(C2CCNCC2)n2c(n1)C1C(Br)=CC=C(F)C1=N2. The van der Waals surface area contributed by atoms with Crippen LogP contribution in [0.5, 0.6) is 0 Å². The molecule has 114 valence electrons. The van der Waals surface area contributed by atoms with Gasteiger partial charge in [-0.25, -0.2) is 9.07 Å². The van der Waals surface area contributed by atoms with Gasteiger partial charge in [0.05, 0.1) is 11.6 Å². The molecule has 1 aromatic rings. The summed E-state index contributed by atoms with van der Waals surface area (Å²) in [4.78, 5) is 16.1. The second-order valence-electron chi connectivity index (χ2n) is 5.70. The van der Waals surface area contributed by atoms with E-state index in [1.807, 2.05) is 0 Å². The van der Waals surface area contributed by atoms with E-state index in [4.69, 9.17) is 0 Å². The van der Waals surface area contributed by atoms with Crippen molar-refractivity contribution < 1.29 is 4.39 Å². The van der Waals surface area contributed by atoms with Crippen LogP contribution in [-0.4, -0.2) is 28.5 Å². The number of allylic oxidation sites excluding steroid dienone is 4. The van der Waals surface area contributed by atoms with Gasteiger partial charge in [0.2, 0.25) is 0 Å². The highest BCUT2D eigenvalue weighted by Gasteiger charge is 2.37. The molecule has 0 bridgehead atoms. The molecule has 0 radical (unpaired) electrons. The Balaban J connectivity index is 1.88. The van der Waals surface area contributed by atoms with Gasteiger partial charge in [-0.2, -0.15) is 10.1 Å². The Hall–Kier alpha value is -1.60. The molecule has 1 saturated heterocycles. The lowest BCUT2D eigenvalue weighted by Crippen LogP contribution is -2.29. The molecule has 5 nitrogen and oxygen atoms in total. The Morgan fingerprint density at radius 1 is 1.32 bits per heavy atom. The standard InChI is InChI=1S/C15H14BrFN4O/c16-9-1-2-10(17)14-13(9)15-19-12(22)7-11(21(15)20-14)8-3-5-18-6-4-8/h1-2,7-8,13,18H,3-6H2. The van der Waals surface area contributed by atoms with Crippen LogP contribution in [-0.2, 0) is 0 Å². The first kappa shape index (κ1) is 14.0. The Kier molecular flexibility index (Phi) is 3.34. The molecule has 1 atom stereocenters. The molecule has 0 saturated carbocycles. The zero-order valence-corrected chi connectivity index (χ0v) is 13.3. The van der Waals surface area contributed by atoms with Gasteiger partial charge in [0.25, 0.3) is 5.56 Å². The maximum Gasteiger partial charge on any atom is 0.273 e. The van der Waals surface area contributed by atoms with Crippen LogP contribution < -0.4 is 10.9 Å². The third-order valence-corrected chi connectivity index (χ3v) is 5.09. The van der Waals surface area contributed by atoms with Gasteiger partial charge >= 0.3 is 0 Å². The Bertz CT molecular complexity index is 789. The first-order valence-electron chi connectivity index (χ1n) is 7.32. The Labute approximate surface area is 134 Å². The van der Waals surface area contributed by atoms with Gasteiger partial charge in [0.1, 0.15) is 17.4 Å². The lowest BCUT2D eigenvalue weighted by Gasteiger charge is -2.24. The van der Waals surface area contributed by atoms with Gasteiger partial charge in [-0.05, 0) is 38.1 Å². The van der Waals surface area contributed by atoms with E-state index in [0.29, 0.717) is 11.5 Å². The van der Waals surface area contributed by atoms with Gasteiger partial charge in [0.15, 0.2) is 0 Å². The van der Waals surface area contributed by atoms with Crippen LogP contribution in [0.15, 0.2) is 38.4 Å². The summed E-state index contributed by atoms with van der Waals surface area (Å²) in [6, 6.07) is 1.54. The minimum Gasteiger partial charge on any atom is -0.317 e. The van der Waals surface area contributed by atoms with Crippen molar-refractivity contribution in [1.82, 2.24) is 15.0 Å². The second-order valence-corrected chi connectivity index (χ2v) is 6.61. The van der Waals surface area contributed by atoms with E-state index in [1.54, 1.807) is 16.8 Å². The molecular formula is C15H14BrFN4O. The maximum atomic E-state index is 14.1. The smallest absolute Gasteiger partial charge is 0.273 e. The van der Waals surface area contributed by atoms with Crippen LogP contribution in [0.4, 0.5) is 4.39 Å². The van der Waals surface area contributed by atoms with Crippen LogP contribution >= 0.6 is 15.9 Å². The molecule has 1 aromatic heterocycles. The van der Waals surface area contributed by atoms with E-state index in [1.165, 1.54) is 6.08 Å². The third-order valence-electron chi connectivity index (χ3n) is 4.36. The van der Waals surface area contributed by atoms with Crippen LogP contribution in [0, 0.1) is 0 Å². The van der Waals surface area contributed by atoms with E-state index in [9.17, 15) is 9.18 Å². The molecule has 0 aromatic carbocycles. The monoisotopic (exact) mass is 364 g/mol. The fraction of sp³-hybridized carbons (Fsp3) is 0.400. The highest BCUT2D eigenvalue weighted by atomic mass is 79.9. The quantitative estimate of drug-likeness (QED) is 0.830. The predicted octanol–water partition coefficient (Wildman–Crippen LogP) is 2.16. The Morgan fingerprint density at radius 2 is 2.09 bits per heavy atom. The molecule has 1 aliphatic carbocycles. The predicted molar refractivity (Wildman–Crippen MR) is 85.1 cm³/mol. The molecule has 0 spiro atoms. The highest BCUT2D eigenvalue weighted by Crippen LogP contribution is 2.40. The molecule has 1 fully saturated rings. The van der Waals surface area contributed by atoms with E-state index in [2.05, 4.69) is 31.3 Å². The molecule has 3 heterocycles. The van der Waals surface area contributed by atoms with Crippen molar-refractivity contribution in [3.05, 3.63) is 50.4 Å². The molecule has 4 rings (SSSR count). The summed E-state index contributed by atoms with van der Waals surface area (Å²) in [5, 5.41) is 7.72. The van der Waals surface area contributed by atoms with Gasteiger partial charge in [-0.15, -0.1) is 0 Å². The first-order chi connectivity index (χ1) is 10.6. The molecule has 2 aliphatic heterocycles. The van der Waals surface area contributed by atoms with Crippen molar-refractivity contribution in [3.63, 3.8) is 0 Å². The van der Waals surface area contributed by atoms with Gasteiger partial charge in [-0.3, -0.25) is 4.79 Å². The zero-order valence-electron chi connectivity index (χ0n) is 11.7. The summed E-state index contributed by atoms with van der Waals surface area (Å²) in [6.07, 6.45) is 4.91. The fourth-order valence-electron chi connectivity index (χ4n) is 3.28. The summed E-state index contributed by atoms with van der Waals surface area (Å²) in [5.41, 5.74) is 0.876. The number of hydrogen-bond donors (Lipinski definition) is 1. The number of aromatic nitrogens is 2. The van der Waals surface area contributed by atoms with Crippen molar-refractivity contribution in [2.24, 2.45) is 5.10 Å². The molecule has 0 amide bonds. The summed E-state index contributed by atoms with van der Waals surface area (Å²) in [5.74, 6) is -0.0424. The van der Waals surface area contributed by atoms with Crippen molar-refractivity contribution >= 4 is 21.6 Å². The van der Waals surface area contributed by atoms with Crippen molar-refractivity contribution in [2.75, 3.05) is 13.1 Å². The van der Waals surface area contributed by atoms with Gasteiger partial charge in [0, 0.05) is 16.5 Å². The molecule has 22 heavy (non-hydrogen) atoms. The molecule has 1 unspecified atom stereocenters. The molecule has 1 N–H and O–H groups in total. The largest absolute Gasteiger partial charge is 0.317 e. The van der Waals surface area contributed by atoms with E-state index < -0.39 is 5.92 Å². The normalized spacial score (nSPS) is 24.3. The van der Waals surface area contributed by atoms with E-state index in [-0.39, 0.29) is 17.3 Å². The third kappa shape index (κ3) is 2.11. The average molecular weight is 365 g/mol. The van der Waals surface area contributed by atoms with Crippen molar-refractivity contribution in [2.45, 2.75) is 24.7 Å². The Morgan fingerprint density at radius 3 is 2.86 bits per heavy atom. The number of nitrogens with zero attached hydrogens (tertiary/aromatic N) is 3. The number of rotatable bonds is 1. The minimum absolute atomic E-state index is 0.245. The lowest BCUT2D eigenvalue weighted by molar-refractivity contribution is 0.439. The van der Waals surface area contributed by atoms with Gasteiger partial charge < -0.3 is 5.32 Å². The van der Waals surface area contributed by atoms with Crippen molar-refractivity contribution in [3.8, 4) is 0 Å². The minimum atomic E-state index is -0.417. The van der Waals surface area contributed by atoms with Crippen LogP contribution in [0.1, 0.15) is 36.2 Å². The lowest BCUT2D eigenvalue weighted by atomic mass is 9.93. The number of nitrogens with one attached hydrogen (secondary N) is 1. The second kappa shape index (κ2) is 5.24. The zero-order chi connectivity index (χ0) is 15.3. The molecular weight excluding hydrogens is 351 g/mol. The van der Waals surface area contributed by atoms with Crippen LogP contribution in [0.2, 0.25) is 0 Å². The molecule has 7 heteroatoms. The average Bonchev–Trinajstić information content (AvgIpc) is 2.91. The number of hydrogen-bond acceptors (Lipinski definition) is 4. The van der Waals surface area contributed by atoms with E-state index in [0.717, 1.165) is 36.1 Å². The van der Waals surface area contributed by atoms with E-state index >= 15 is 0 Å². The molecule has 3 aliphatic rings. The maximum absolute atomic E-state index is 14.1. The number of halogens is 2. The topological polar surface area (TPSA) is 59.3 Å². The number of fused-ring (bicyclic) bond motifs is 3. The van der Waals surface area contributed by atoms with Gasteiger partial charge in [-0.1, -0.05) is 15.9 Å². The summed E-state index contributed by atoms with van der Waals surface area (Å²) in [6.45, 7) is 1.82. The van der Waals surface area contributed by atoms with Crippen molar-refractivity contribution in [1.29, 1.82) is 0 Å². The van der Waals surface area contributed by atoms with Crippen LogP contribution in [0.3, 0.4) is 0 Å². The number of piperidine rings is 1. The van der Waals surface area contributed by atoms with Crippen LogP contribution in [0.25, 0.3) is 0 Å². The highest BCUT2D eigenvalue weighted by molar-refractivity contribution is 9.11. The fourth-order valence-corrected chi connectivity index (χ4v) is 3.83. The summed E-state index contributed by atoms with van der Waals surface area (Å²) >= 11 is 3.44. The summed E-state index contributed by atoms with van der Waals surface area (Å²) in [7, 11) is 0.